The Labute approximate surface area is 160 Å². The molecule has 26 heavy (non-hydrogen) atoms. The van der Waals surface area contributed by atoms with Gasteiger partial charge in [0.05, 0.1) is 0 Å². The van der Waals surface area contributed by atoms with Gasteiger partial charge in [-0.15, -0.1) is 21.8 Å². The van der Waals surface area contributed by atoms with Crippen LogP contribution < -0.4 is 5.32 Å². The highest BCUT2D eigenvalue weighted by atomic mass is 35.5. The quantitative estimate of drug-likeness (QED) is 0.803. The zero-order valence-corrected chi connectivity index (χ0v) is 16.4. The molecule has 3 fully saturated rings. The van der Waals surface area contributed by atoms with Crippen molar-refractivity contribution in [3.8, 4) is 0 Å². The molecule has 1 saturated heterocycles. The summed E-state index contributed by atoms with van der Waals surface area (Å²) < 4.78 is 5.65. The molecule has 1 aromatic rings. The Morgan fingerprint density at radius 3 is 2.69 bits per heavy atom. The van der Waals surface area contributed by atoms with E-state index in [1.54, 1.807) is 6.92 Å². The number of hydrogen-bond acceptors (Lipinski definition) is 4. The summed E-state index contributed by atoms with van der Waals surface area (Å²) in [5.74, 6) is 2.99. The number of halogens is 1. The molecule has 3 aliphatic rings. The van der Waals surface area contributed by atoms with Crippen molar-refractivity contribution in [2.45, 2.75) is 76.3 Å². The van der Waals surface area contributed by atoms with E-state index in [-0.39, 0.29) is 23.5 Å². The Bertz CT molecular complexity index is 647. The number of aromatic nitrogens is 2. The summed E-state index contributed by atoms with van der Waals surface area (Å²) in [4.78, 5) is 14.9. The van der Waals surface area contributed by atoms with E-state index < -0.39 is 0 Å². The number of piperidine rings is 1. The average Bonchev–Trinajstić information content (AvgIpc) is 3.37. The van der Waals surface area contributed by atoms with Gasteiger partial charge in [0.1, 0.15) is 6.04 Å². The largest absolute Gasteiger partial charge is 0.423 e. The van der Waals surface area contributed by atoms with E-state index in [0.29, 0.717) is 23.6 Å². The van der Waals surface area contributed by atoms with Crippen molar-refractivity contribution in [2.24, 2.45) is 17.8 Å². The molecule has 1 aromatic heterocycles. The Morgan fingerprint density at radius 2 is 2.00 bits per heavy atom. The smallest absolute Gasteiger partial charge is 0.318 e. The highest BCUT2D eigenvalue weighted by molar-refractivity contribution is 6.20. The number of nitrogens with one attached hydrogen (secondary N) is 1. The van der Waals surface area contributed by atoms with Gasteiger partial charge >= 0.3 is 6.03 Å². The maximum atomic E-state index is 13.0. The van der Waals surface area contributed by atoms with Crippen LogP contribution in [0, 0.1) is 24.7 Å². The van der Waals surface area contributed by atoms with Crippen LogP contribution in [0.15, 0.2) is 4.42 Å². The maximum absolute atomic E-state index is 13.0. The first-order chi connectivity index (χ1) is 12.5. The van der Waals surface area contributed by atoms with E-state index in [2.05, 4.69) is 22.4 Å². The number of aryl methyl sites for hydroxylation is 1. The first kappa shape index (κ1) is 18.1. The lowest BCUT2D eigenvalue weighted by Crippen LogP contribution is -2.51. The minimum Gasteiger partial charge on any atom is -0.423 e. The van der Waals surface area contributed by atoms with Gasteiger partial charge in [-0.3, -0.25) is 0 Å². The highest BCUT2D eigenvalue weighted by Gasteiger charge is 2.41. The maximum Gasteiger partial charge on any atom is 0.318 e. The number of urea groups is 1. The van der Waals surface area contributed by atoms with Crippen LogP contribution in [0.1, 0.15) is 69.7 Å². The minimum absolute atomic E-state index is 0.00493. The van der Waals surface area contributed by atoms with E-state index in [9.17, 15) is 4.79 Å². The Hall–Kier alpha value is -1.30. The number of carbonyl (C=O) groups is 1. The molecule has 5 atom stereocenters. The predicted molar refractivity (Wildman–Crippen MR) is 98.9 cm³/mol. The van der Waals surface area contributed by atoms with Crippen molar-refractivity contribution in [3.05, 3.63) is 11.8 Å². The zero-order valence-electron chi connectivity index (χ0n) is 15.7. The van der Waals surface area contributed by atoms with Crippen LogP contribution in [0.25, 0.3) is 0 Å². The number of rotatable bonds is 3. The summed E-state index contributed by atoms with van der Waals surface area (Å²) in [5, 5.41) is 11.7. The van der Waals surface area contributed by atoms with Crippen LogP contribution in [0.3, 0.4) is 0 Å². The van der Waals surface area contributed by atoms with Crippen molar-refractivity contribution < 1.29 is 9.21 Å². The molecule has 7 heteroatoms. The summed E-state index contributed by atoms with van der Waals surface area (Å²) in [7, 11) is 0. The van der Waals surface area contributed by atoms with E-state index in [0.717, 1.165) is 44.6 Å². The van der Waals surface area contributed by atoms with Crippen LogP contribution in [0.4, 0.5) is 4.79 Å². The van der Waals surface area contributed by atoms with Crippen LogP contribution in [-0.4, -0.2) is 39.1 Å². The third-order valence-electron chi connectivity index (χ3n) is 6.32. The molecule has 4 unspecified atom stereocenters. The molecule has 0 bridgehead atoms. The number of amides is 2. The van der Waals surface area contributed by atoms with Crippen LogP contribution in [-0.2, 0) is 0 Å². The third-order valence-corrected chi connectivity index (χ3v) is 6.86. The minimum atomic E-state index is -0.122. The number of nitrogens with zero attached hydrogens (tertiary/aromatic N) is 3. The van der Waals surface area contributed by atoms with Gasteiger partial charge in [-0.25, -0.2) is 4.79 Å². The lowest BCUT2D eigenvalue weighted by atomic mass is 9.82. The fraction of sp³-hybridized carbons (Fsp3) is 0.842. The van der Waals surface area contributed by atoms with Gasteiger partial charge < -0.3 is 14.6 Å². The molecule has 0 aromatic carbocycles. The van der Waals surface area contributed by atoms with E-state index in [1.807, 2.05) is 4.90 Å². The molecular weight excluding hydrogens is 352 g/mol. The monoisotopic (exact) mass is 380 g/mol. The Kier molecular flexibility index (Phi) is 5.13. The van der Waals surface area contributed by atoms with Crippen LogP contribution in [0.5, 0.6) is 0 Å². The summed E-state index contributed by atoms with van der Waals surface area (Å²) in [5.41, 5.74) is 0. The van der Waals surface area contributed by atoms with Crippen molar-refractivity contribution in [2.75, 3.05) is 6.54 Å². The second kappa shape index (κ2) is 7.37. The summed E-state index contributed by atoms with van der Waals surface area (Å²) in [6, 6.07) is 0.112. The van der Waals surface area contributed by atoms with Gasteiger partial charge in [0.2, 0.25) is 11.8 Å². The number of alkyl halides is 1. The lowest BCUT2D eigenvalue weighted by Gasteiger charge is -2.39. The van der Waals surface area contributed by atoms with Gasteiger partial charge in [0.25, 0.3) is 0 Å². The number of carbonyl (C=O) groups excluding carboxylic acids is 1. The van der Waals surface area contributed by atoms with Crippen molar-refractivity contribution in [3.63, 3.8) is 0 Å². The second-order valence-corrected chi connectivity index (χ2v) is 9.04. The molecule has 2 aliphatic carbocycles. The van der Waals surface area contributed by atoms with E-state index in [1.165, 1.54) is 12.8 Å². The van der Waals surface area contributed by atoms with E-state index in [4.69, 9.17) is 16.0 Å². The van der Waals surface area contributed by atoms with Crippen LogP contribution in [0.2, 0.25) is 0 Å². The summed E-state index contributed by atoms with van der Waals surface area (Å²) in [6.07, 6.45) is 7.46. The molecular formula is C19H29ClN4O2. The summed E-state index contributed by atoms with van der Waals surface area (Å²) in [6.45, 7) is 4.74. The SMILES string of the molecule is Cc1nnc(C2C[C@H](C)CCN2C(=O)NC2CCC(Cl)C(C3CC3)C2)o1. The fourth-order valence-corrected chi connectivity index (χ4v) is 5.07. The molecule has 1 aliphatic heterocycles. The van der Waals surface area contributed by atoms with Crippen molar-refractivity contribution >= 4 is 17.6 Å². The van der Waals surface area contributed by atoms with Gasteiger partial charge in [-0.2, -0.15) is 0 Å². The molecule has 1 N–H and O–H groups in total. The Morgan fingerprint density at radius 1 is 1.19 bits per heavy atom. The van der Waals surface area contributed by atoms with Gasteiger partial charge in [-0.05, 0) is 62.7 Å². The average molecular weight is 381 g/mol. The van der Waals surface area contributed by atoms with Crippen molar-refractivity contribution in [1.82, 2.24) is 20.4 Å². The molecule has 2 amide bonds. The topological polar surface area (TPSA) is 71.3 Å². The molecule has 6 nitrogen and oxygen atoms in total. The zero-order chi connectivity index (χ0) is 18.3. The molecule has 0 radical (unpaired) electrons. The standard InChI is InChI=1S/C19H29ClN4O2/c1-11-7-8-24(17(9-11)18-23-22-12(2)26-18)19(25)21-14-5-6-16(20)15(10-14)13-3-4-13/h11,13-17H,3-10H2,1-2H3,(H,21,25)/t11-,14?,15?,16?,17?/m1/s1. The second-order valence-electron chi connectivity index (χ2n) is 8.47. The molecule has 4 rings (SSSR count). The third kappa shape index (κ3) is 3.85. The lowest BCUT2D eigenvalue weighted by molar-refractivity contribution is 0.110. The first-order valence-electron chi connectivity index (χ1n) is 10.0. The highest BCUT2D eigenvalue weighted by Crippen LogP contribution is 2.46. The molecule has 2 heterocycles. The summed E-state index contributed by atoms with van der Waals surface area (Å²) >= 11 is 6.54. The molecule has 144 valence electrons. The Balaban J connectivity index is 1.42. The number of hydrogen-bond donors (Lipinski definition) is 1. The van der Waals surface area contributed by atoms with Gasteiger partial charge in [0.15, 0.2) is 0 Å². The predicted octanol–water partition coefficient (Wildman–Crippen LogP) is 4.05. The first-order valence-corrected chi connectivity index (χ1v) is 10.5. The fourth-order valence-electron chi connectivity index (χ4n) is 4.63. The van der Waals surface area contributed by atoms with Gasteiger partial charge in [0, 0.05) is 24.9 Å². The normalized spacial score (nSPS) is 35.3. The van der Waals surface area contributed by atoms with Crippen molar-refractivity contribution in [1.29, 1.82) is 0 Å². The molecule has 0 spiro atoms. The molecule has 2 saturated carbocycles. The van der Waals surface area contributed by atoms with E-state index >= 15 is 0 Å². The van der Waals surface area contributed by atoms with Crippen LogP contribution >= 0.6 is 11.6 Å². The number of likely N-dealkylation sites (tertiary alicyclic amines) is 1. The van der Waals surface area contributed by atoms with Gasteiger partial charge in [-0.1, -0.05) is 6.92 Å².